The number of hydrogen-bond donors (Lipinski definition) is 5. The maximum Gasteiger partial charge on any atom is 0.255 e. The lowest BCUT2D eigenvalue weighted by atomic mass is 9.59. The molecule has 4 aliphatic rings. The number of fused-ring (bicyclic) bond motifs is 3. The molecular weight excluding hydrogens is 482 g/mol. The van der Waals surface area contributed by atoms with Gasteiger partial charge in [0, 0.05) is 29.7 Å². The quantitative estimate of drug-likeness (QED) is 0.297. The van der Waals surface area contributed by atoms with Gasteiger partial charge in [0.1, 0.15) is 34.9 Å². The van der Waals surface area contributed by atoms with Gasteiger partial charge in [-0.15, -0.1) is 0 Å². The number of primary amides is 1. The van der Waals surface area contributed by atoms with Crippen molar-refractivity contribution in [1.82, 2.24) is 0 Å². The number of amides is 1. The molecule has 2 unspecified atom stereocenters. The number of ketones is 2. The fourth-order valence-electron chi connectivity index (χ4n) is 6.20. The minimum atomic E-state index is -2.61. The Labute approximate surface area is 211 Å². The number of aliphatic hydroxyl groups excluding tert-OH is 2. The van der Waals surface area contributed by atoms with Crippen LogP contribution in [0, 0.1) is 17.8 Å². The second kappa shape index (κ2) is 8.45. The van der Waals surface area contributed by atoms with Crippen molar-refractivity contribution in [3.05, 3.63) is 69.7 Å². The van der Waals surface area contributed by atoms with Crippen molar-refractivity contribution in [1.29, 1.82) is 0 Å². The van der Waals surface area contributed by atoms with Crippen LogP contribution in [-0.4, -0.2) is 56.9 Å². The summed E-state index contributed by atoms with van der Waals surface area (Å²) >= 11 is 0. The lowest BCUT2D eigenvalue weighted by Crippen LogP contribution is -2.58. The highest BCUT2D eigenvalue weighted by molar-refractivity contribution is 6.22. The van der Waals surface area contributed by atoms with E-state index in [9.17, 15) is 39.6 Å². The highest BCUT2D eigenvalue weighted by Crippen LogP contribution is 2.53. The molecule has 5 atom stereocenters. The Kier molecular flexibility index (Phi) is 5.60. The fourth-order valence-corrected chi connectivity index (χ4v) is 6.20. The highest BCUT2D eigenvalue weighted by Gasteiger charge is 2.60. The molecule has 5 rings (SSSR count). The topological polar surface area (TPSA) is 184 Å². The van der Waals surface area contributed by atoms with Crippen LogP contribution < -0.4 is 5.73 Å². The molecule has 1 aromatic rings. The van der Waals surface area contributed by atoms with Crippen LogP contribution in [0.2, 0.25) is 0 Å². The predicted octanol–water partition coefficient (Wildman–Crippen LogP) is 1.42. The van der Waals surface area contributed by atoms with Gasteiger partial charge < -0.3 is 35.7 Å². The van der Waals surface area contributed by atoms with Gasteiger partial charge in [-0.3, -0.25) is 14.4 Å². The zero-order valence-electron chi connectivity index (χ0n) is 19.8. The lowest BCUT2D eigenvalue weighted by molar-refractivity contribution is -0.147. The van der Waals surface area contributed by atoms with E-state index in [1.807, 2.05) is 0 Å². The van der Waals surface area contributed by atoms with Crippen LogP contribution in [0.25, 0.3) is 5.76 Å². The molecule has 1 aromatic carbocycles. The van der Waals surface area contributed by atoms with Crippen molar-refractivity contribution in [2.45, 2.75) is 30.8 Å². The SMILES string of the molecule is COC1=CC(C=O)C(c2ccc(O)c3c2C[C@H]2C[C@H]4CC(=O)C(C(N)=O)=C(O)[C@@]4(O)C(=O)C2=C3O)C=C1. The molecule has 0 aromatic heterocycles. The number of benzene rings is 1. The van der Waals surface area contributed by atoms with Crippen LogP contribution >= 0.6 is 0 Å². The number of hydrogen-bond acceptors (Lipinski definition) is 9. The van der Waals surface area contributed by atoms with E-state index in [0.717, 1.165) is 6.29 Å². The number of nitrogens with two attached hydrogens (primary N) is 1. The van der Waals surface area contributed by atoms with E-state index in [0.29, 0.717) is 16.9 Å². The number of ether oxygens (including phenoxy) is 1. The molecule has 0 radical (unpaired) electrons. The van der Waals surface area contributed by atoms with Crippen LogP contribution in [0.15, 0.2) is 53.0 Å². The monoisotopic (exact) mass is 507 g/mol. The van der Waals surface area contributed by atoms with Crippen molar-refractivity contribution in [2.24, 2.45) is 23.5 Å². The van der Waals surface area contributed by atoms with Crippen molar-refractivity contribution >= 4 is 29.5 Å². The van der Waals surface area contributed by atoms with Crippen LogP contribution in [0.4, 0.5) is 0 Å². The first-order valence-electron chi connectivity index (χ1n) is 11.8. The Hall–Kier alpha value is -4.18. The van der Waals surface area contributed by atoms with Gasteiger partial charge in [-0.1, -0.05) is 12.1 Å². The molecule has 6 N–H and O–H groups in total. The maximum atomic E-state index is 13.6. The highest BCUT2D eigenvalue weighted by atomic mass is 16.5. The Morgan fingerprint density at radius 3 is 2.57 bits per heavy atom. The molecule has 0 aliphatic heterocycles. The summed E-state index contributed by atoms with van der Waals surface area (Å²) in [7, 11) is 1.49. The minimum Gasteiger partial charge on any atom is -0.508 e. The number of phenolic OH excluding ortho intramolecular Hbond substituents is 1. The van der Waals surface area contributed by atoms with Gasteiger partial charge in [0.05, 0.1) is 12.7 Å². The third kappa shape index (κ3) is 3.36. The molecule has 10 nitrogen and oxygen atoms in total. The normalized spacial score (nSPS) is 30.8. The number of Topliss-reactive ketones (excluding diaryl/α,β-unsaturated/α-hetero) is 2. The van der Waals surface area contributed by atoms with Gasteiger partial charge in [0.2, 0.25) is 5.78 Å². The zero-order chi connectivity index (χ0) is 26.8. The number of methoxy groups -OCH3 is 1. The zero-order valence-corrected chi connectivity index (χ0v) is 19.8. The molecule has 1 amide bonds. The molecule has 0 spiro atoms. The summed E-state index contributed by atoms with van der Waals surface area (Å²) in [5.41, 5.74) is 2.72. The van der Waals surface area contributed by atoms with Gasteiger partial charge in [0.25, 0.3) is 5.91 Å². The third-order valence-corrected chi connectivity index (χ3v) is 7.97. The van der Waals surface area contributed by atoms with Crippen LogP contribution in [0.5, 0.6) is 5.75 Å². The molecule has 0 heterocycles. The summed E-state index contributed by atoms with van der Waals surface area (Å²) in [5.74, 6) is -7.29. The number of phenols is 1. The Bertz CT molecular complexity index is 1400. The van der Waals surface area contributed by atoms with Gasteiger partial charge in [-0.05, 0) is 48.1 Å². The van der Waals surface area contributed by atoms with Gasteiger partial charge in [-0.25, -0.2) is 0 Å². The van der Waals surface area contributed by atoms with E-state index < -0.39 is 70.3 Å². The first kappa shape index (κ1) is 24.5. The average molecular weight is 507 g/mol. The van der Waals surface area contributed by atoms with Crippen LogP contribution in [0.3, 0.4) is 0 Å². The number of rotatable bonds is 4. The number of carbonyl (C=O) groups is 4. The number of aliphatic hydroxyl groups is 3. The maximum absolute atomic E-state index is 13.6. The lowest BCUT2D eigenvalue weighted by Gasteiger charge is -2.46. The predicted molar refractivity (Wildman–Crippen MR) is 128 cm³/mol. The van der Waals surface area contributed by atoms with Crippen molar-refractivity contribution in [3.63, 3.8) is 0 Å². The standard InChI is InChI=1S/C27H25NO9/c1-37-14-2-3-15(12(7-14)10-29)16-4-5-18(30)21-17(16)8-11-6-13-9-19(31)22(26(28)35)25(34)27(13,36)24(33)20(11)23(21)32/h2-5,7,10-13,15,30,32,34,36H,6,8-9H2,1H3,(H2,28,35)/t11-,12?,13+,15?,27+/m1/s1. The third-order valence-electron chi connectivity index (χ3n) is 7.97. The van der Waals surface area contributed by atoms with Gasteiger partial charge in [0.15, 0.2) is 11.4 Å². The summed E-state index contributed by atoms with van der Waals surface area (Å²) in [4.78, 5) is 49.8. The van der Waals surface area contributed by atoms with E-state index in [-0.39, 0.29) is 29.7 Å². The summed E-state index contributed by atoms with van der Waals surface area (Å²) in [6.45, 7) is 0. The van der Waals surface area contributed by atoms with E-state index >= 15 is 0 Å². The summed E-state index contributed by atoms with van der Waals surface area (Å²) in [6.07, 6.45) is 5.76. The Morgan fingerprint density at radius 2 is 1.92 bits per heavy atom. The summed E-state index contributed by atoms with van der Waals surface area (Å²) < 4.78 is 5.22. The van der Waals surface area contributed by atoms with Crippen molar-refractivity contribution in [2.75, 3.05) is 7.11 Å². The van der Waals surface area contributed by atoms with E-state index in [1.54, 1.807) is 24.3 Å². The Morgan fingerprint density at radius 1 is 1.19 bits per heavy atom. The number of allylic oxidation sites excluding steroid dienone is 3. The van der Waals surface area contributed by atoms with Crippen molar-refractivity contribution < 1.29 is 44.3 Å². The number of aldehydes is 1. The molecule has 37 heavy (non-hydrogen) atoms. The van der Waals surface area contributed by atoms with E-state index in [2.05, 4.69) is 0 Å². The molecular formula is C27H25NO9. The minimum absolute atomic E-state index is 0.0100. The first-order chi connectivity index (χ1) is 17.5. The fraction of sp³-hybridized carbons (Fsp3) is 0.333. The summed E-state index contributed by atoms with van der Waals surface area (Å²) in [5, 5.41) is 43.9. The van der Waals surface area contributed by atoms with E-state index in [1.165, 1.54) is 13.2 Å². The summed E-state index contributed by atoms with van der Waals surface area (Å²) in [6, 6.07) is 3.01. The molecule has 0 saturated heterocycles. The molecule has 10 heteroatoms. The number of aromatic hydroxyl groups is 1. The van der Waals surface area contributed by atoms with Gasteiger partial charge >= 0.3 is 0 Å². The molecule has 1 saturated carbocycles. The molecule has 0 bridgehead atoms. The van der Waals surface area contributed by atoms with Crippen LogP contribution in [0.1, 0.15) is 35.4 Å². The van der Waals surface area contributed by atoms with Gasteiger partial charge in [-0.2, -0.15) is 0 Å². The molecule has 4 aliphatic carbocycles. The molecule has 1 fully saturated rings. The van der Waals surface area contributed by atoms with Crippen LogP contribution in [-0.2, 0) is 30.3 Å². The number of carbonyl (C=O) groups excluding carboxylic acids is 4. The average Bonchev–Trinajstić information content (AvgIpc) is 2.85. The second-order valence-corrected chi connectivity index (χ2v) is 9.81. The first-order valence-corrected chi connectivity index (χ1v) is 11.8. The molecule has 192 valence electrons. The largest absolute Gasteiger partial charge is 0.508 e. The second-order valence-electron chi connectivity index (χ2n) is 9.81. The Balaban J connectivity index is 1.66. The van der Waals surface area contributed by atoms with Crippen molar-refractivity contribution in [3.8, 4) is 5.75 Å². The van der Waals surface area contributed by atoms with E-state index in [4.69, 9.17) is 10.5 Å². The smallest absolute Gasteiger partial charge is 0.255 e.